The van der Waals surface area contributed by atoms with Gasteiger partial charge in [0.15, 0.2) is 0 Å². The standard InChI is InChI=1S/C2H6O2.2CH2O2/c3-1-2-4;2*2-1-3/h3-4H,1-2H2;2*1H,(H,2,3). The van der Waals surface area contributed by atoms with Crippen molar-refractivity contribution in [1.82, 2.24) is 0 Å². The molecule has 0 bridgehead atoms. The van der Waals surface area contributed by atoms with Crippen LogP contribution in [0.2, 0.25) is 0 Å². The molecule has 0 aliphatic rings. The van der Waals surface area contributed by atoms with E-state index in [1.54, 1.807) is 0 Å². The molecule has 0 heterocycles. The van der Waals surface area contributed by atoms with Gasteiger partial charge < -0.3 is 20.4 Å². The monoisotopic (exact) mass is 154 g/mol. The molecule has 0 amide bonds. The Hall–Kier alpha value is -1.14. The molecule has 0 fully saturated rings. The largest absolute Gasteiger partial charge is 0.483 e. The van der Waals surface area contributed by atoms with Crippen molar-refractivity contribution in [3.05, 3.63) is 0 Å². The predicted molar refractivity (Wildman–Crippen MR) is 31.6 cm³/mol. The Bertz CT molecular complexity index is 45.7. The van der Waals surface area contributed by atoms with Crippen molar-refractivity contribution < 1.29 is 30.0 Å². The first-order valence-corrected chi connectivity index (χ1v) is 2.12. The molecule has 0 aromatic rings. The number of hydrogen-bond acceptors (Lipinski definition) is 4. The van der Waals surface area contributed by atoms with Crippen molar-refractivity contribution in [3.63, 3.8) is 0 Å². The molecule has 0 aromatic carbocycles. The lowest BCUT2D eigenvalue weighted by Crippen LogP contribution is -1.85. The summed E-state index contributed by atoms with van der Waals surface area (Å²) in [5, 5.41) is 29.0. The number of rotatable bonds is 1. The van der Waals surface area contributed by atoms with Crippen LogP contribution in [0, 0.1) is 0 Å². The van der Waals surface area contributed by atoms with Crippen LogP contribution < -0.4 is 0 Å². The molecule has 4 N–H and O–H groups in total. The molecule has 6 heteroatoms. The third-order valence-electron chi connectivity index (χ3n) is 0.1000. The normalized spacial score (nSPS) is 5.40. The van der Waals surface area contributed by atoms with Crippen LogP contribution in [-0.2, 0) is 9.59 Å². The highest BCUT2D eigenvalue weighted by Crippen LogP contribution is 1.39. The van der Waals surface area contributed by atoms with Gasteiger partial charge in [-0.3, -0.25) is 9.59 Å². The summed E-state index contributed by atoms with van der Waals surface area (Å²) in [6.07, 6.45) is 0. The van der Waals surface area contributed by atoms with Gasteiger partial charge in [0.25, 0.3) is 12.9 Å². The van der Waals surface area contributed by atoms with Crippen molar-refractivity contribution in [2.24, 2.45) is 0 Å². The minimum atomic E-state index is -0.250. The second kappa shape index (κ2) is 45.2. The molecule has 62 valence electrons. The summed E-state index contributed by atoms with van der Waals surface area (Å²) in [5.74, 6) is 0. The highest BCUT2D eigenvalue weighted by molar-refractivity contribution is 5.32. The Labute approximate surface area is 57.3 Å². The van der Waals surface area contributed by atoms with E-state index >= 15 is 0 Å². The summed E-state index contributed by atoms with van der Waals surface area (Å²) in [4.78, 5) is 16.7. The summed E-state index contributed by atoms with van der Waals surface area (Å²) < 4.78 is 0. The molecule has 10 heavy (non-hydrogen) atoms. The van der Waals surface area contributed by atoms with Gasteiger partial charge in [-0.2, -0.15) is 0 Å². The molecule has 0 radical (unpaired) electrons. The highest BCUT2D eigenvalue weighted by atomic mass is 16.3. The Morgan fingerprint density at radius 3 is 1.00 bits per heavy atom. The predicted octanol–water partition coefficient (Wildman–Crippen LogP) is -1.63. The molecular weight excluding hydrogens is 144 g/mol. The Morgan fingerprint density at radius 2 is 1.00 bits per heavy atom. The molecule has 0 aliphatic heterocycles. The van der Waals surface area contributed by atoms with Crippen LogP contribution >= 0.6 is 0 Å². The lowest BCUT2D eigenvalue weighted by Gasteiger charge is -1.70. The SMILES string of the molecule is O=CO.O=CO.OCCO. The van der Waals surface area contributed by atoms with Gasteiger partial charge in [0.05, 0.1) is 13.2 Å². The van der Waals surface area contributed by atoms with Gasteiger partial charge in [-0.1, -0.05) is 0 Å². The molecule has 0 aromatic heterocycles. The van der Waals surface area contributed by atoms with Gasteiger partial charge in [-0.25, -0.2) is 0 Å². The van der Waals surface area contributed by atoms with E-state index in [2.05, 4.69) is 0 Å². The van der Waals surface area contributed by atoms with Crippen LogP contribution in [0.4, 0.5) is 0 Å². The smallest absolute Gasteiger partial charge is 0.290 e. The minimum Gasteiger partial charge on any atom is -0.483 e. The van der Waals surface area contributed by atoms with Crippen molar-refractivity contribution in [2.45, 2.75) is 0 Å². The molecule has 0 saturated heterocycles. The van der Waals surface area contributed by atoms with Crippen LogP contribution in [-0.4, -0.2) is 46.6 Å². The van der Waals surface area contributed by atoms with Gasteiger partial charge in [0.2, 0.25) is 0 Å². The van der Waals surface area contributed by atoms with Crippen LogP contribution in [0.3, 0.4) is 0 Å². The second-order valence-electron chi connectivity index (χ2n) is 0.658. The first-order chi connectivity index (χ1) is 4.74. The van der Waals surface area contributed by atoms with E-state index in [-0.39, 0.29) is 26.2 Å². The summed E-state index contributed by atoms with van der Waals surface area (Å²) in [7, 11) is 0. The fourth-order valence-electron chi connectivity index (χ4n) is 0. The Kier molecular flexibility index (Phi) is 72.1. The van der Waals surface area contributed by atoms with Gasteiger partial charge in [0.1, 0.15) is 0 Å². The van der Waals surface area contributed by atoms with Crippen molar-refractivity contribution >= 4 is 12.9 Å². The lowest BCUT2D eigenvalue weighted by atomic mass is 10.8. The molecule has 0 aliphatic carbocycles. The Balaban J connectivity index is -0.0000000750. The number of aliphatic hydroxyl groups excluding tert-OH is 2. The second-order valence-corrected chi connectivity index (χ2v) is 0.658. The van der Waals surface area contributed by atoms with E-state index in [0.717, 1.165) is 0 Å². The number of hydrogen-bond donors (Lipinski definition) is 4. The zero-order chi connectivity index (χ0) is 8.83. The third-order valence-corrected chi connectivity index (χ3v) is 0.1000. The summed E-state index contributed by atoms with van der Waals surface area (Å²) >= 11 is 0. The maximum atomic E-state index is 8.36. The van der Waals surface area contributed by atoms with Crippen LogP contribution in [0.1, 0.15) is 0 Å². The van der Waals surface area contributed by atoms with Crippen LogP contribution in [0.5, 0.6) is 0 Å². The molecule has 0 spiro atoms. The van der Waals surface area contributed by atoms with Gasteiger partial charge in [-0.15, -0.1) is 0 Å². The van der Waals surface area contributed by atoms with Gasteiger partial charge >= 0.3 is 0 Å². The average Bonchev–Trinajstić information content (AvgIpc) is 1.91. The van der Waals surface area contributed by atoms with E-state index < -0.39 is 0 Å². The highest BCUT2D eigenvalue weighted by Gasteiger charge is 1.58. The van der Waals surface area contributed by atoms with E-state index in [0.29, 0.717) is 0 Å². The first kappa shape index (κ1) is 15.9. The number of carboxylic acid groups (broad SMARTS) is 2. The van der Waals surface area contributed by atoms with Crippen molar-refractivity contribution in [3.8, 4) is 0 Å². The molecule has 0 saturated carbocycles. The zero-order valence-electron chi connectivity index (χ0n) is 5.17. The van der Waals surface area contributed by atoms with E-state index in [1.165, 1.54) is 0 Å². The molecule has 0 rings (SSSR count). The molecule has 0 atom stereocenters. The minimum absolute atomic E-state index is 0.125. The first-order valence-electron chi connectivity index (χ1n) is 2.12. The number of aliphatic hydroxyl groups is 2. The average molecular weight is 154 g/mol. The maximum absolute atomic E-state index is 8.36. The maximum Gasteiger partial charge on any atom is 0.290 e. The lowest BCUT2D eigenvalue weighted by molar-refractivity contribution is -0.123. The van der Waals surface area contributed by atoms with Gasteiger partial charge in [0, 0.05) is 0 Å². The quantitative estimate of drug-likeness (QED) is 0.337. The van der Waals surface area contributed by atoms with E-state index in [1.807, 2.05) is 0 Å². The fourth-order valence-corrected chi connectivity index (χ4v) is 0. The zero-order valence-corrected chi connectivity index (χ0v) is 5.17. The van der Waals surface area contributed by atoms with E-state index in [4.69, 9.17) is 30.0 Å². The summed E-state index contributed by atoms with van der Waals surface area (Å²) in [6.45, 7) is -0.750. The summed E-state index contributed by atoms with van der Waals surface area (Å²) in [5.41, 5.74) is 0. The fraction of sp³-hybridized carbons (Fsp3) is 0.500. The molecule has 6 nitrogen and oxygen atoms in total. The topological polar surface area (TPSA) is 115 Å². The molecule has 0 unspecified atom stereocenters. The Morgan fingerprint density at radius 1 is 0.900 bits per heavy atom. The van der Waals surface area contributed by atoms with Crippen LogP contribution in [0.15, 0.2) is 0 Å². The summed E-state index contributed by atoms with van der Waals surface area (Å²) in [6, 6.07) is 0. The number of carbonyl (C=O) groups is 2. The van der Waals surface area contributed by atoms with Crippen molar-refractivity contribution in [1.29, 1.82) is 0 Å². The van der Waals surface area contributed by atoms with Crippen molar-refractivity contribution in [2.75, 3.05) is 13.2 Å². The van der Waals surface area contributed by atoms with Gasteiger partial charge in [-0.05, 0) is 0 Å². The third kappa shape index (κ3) is 12000. The van der Waals surface area contributed by atoms with E-state index in [9.17, 15) is 0 Å². The molecular formula is C4H10O6. The van der Waals surface area contributed by atoms with Crippen LogP contribution in [0.25, 0.3) is 0 Å².